The van der Waals surface area contributed by atoms with Crippen molar-refractivity contribution in [3.05, 3.63) is 23.2 Å². The minimum absolute atomic E-state index is 0.0273. The summed E-state index contributed by atoms with van der Waals surface area (Å²) in [5, 5.41) is 1.10. The van der Waals surface area contributed by atoms with Gasteiger partial charge in [0.15, 0.2) is 0 Å². The van der Waals surface area contributed by atoms with Crippen LogP contribution in [-0.2, 0) is 4.74 Å². The second kappa shape index (κ2) is 6.31. The van der Waals surface area contributed by atoms with Crippen LogP contribution in [0.4, 0.5) is 0 Å². The Kier molecular flexibility index (Phi) is 5.33. The van der Waals surface area contributed by atoms with Crippen LogP contribution in [0.15, 0.2) is 22.4 Å². The molecule has 0 saturated heterocycles. The summed E-state index contributed by atoms with van der Waals surface area (Å²) in [4.78, 5) is 4.21. The molecule has 0 bridgehead atoms. The lowest BCUT2D eigenvalue weighted by atomic mass is 9.94. The zero-order valence-corrected chi connectivity index (χ0v) is 12.5. The number of thioether (sulfide) groups is 1. The minimum atomic E-state index is -0.0273. The van der Waals surface area contributed by atoms with Crippen molar-refractivity contribution in [2.24, 2.45) is 11.1 Å². The van der Waals surface area contributed by atoms with E-state index in [2.05, 4.69) is 25.8 Å². The van der Waals surface area contributed by atoms with E-state index in [-0.39, 0.29) is 5.41 Å². The third-order valence-corrected chi connectivity index (χ3v) is 4.15. The summed E-state index contributed by atoms with van der Waals surface area (Å²) < 4.78 is 6.92. The number of hydrogen-bond acceptors (Lipinski definition) is 5. The van der Waals surface area contributed by atoms with Crippen LogP contribution in [0.1, 0.15) is 25.8 Å². The molecule has 1 aromatic heterocycles. The predicted octanol–water partition coefficient (Wildman–Crippen LogP) is 3.41. The molecule has 0 fully saturated rings. The van der Waals surface area contributed by atoms with Crippen molar-refractivity contribution >= 4 is 23.1 Å². The number of thiazole rings is 1. The van der Waals surface area contributed by atoms with Crippen molar-refractivity contribution in [2.45, 2.75) is 31.9 Å². The number of nitrogens with zero attached hydrogens (tertiary/aromatic N) is 1. The second-order valence-corrected chi connectivity index (χ2v) is 7.31. The summed E-state index contributed by atoms with van der Waals surface area (Å²) in [6.45, 7) is 8.95. The molecule has 0 amide bonds. The molecule has 1 heterocycles. The lowest BCUT2D eigenvalue weighted by Gasteiger charge is -2.22. The zero-order chi connectivity index (χ0) is 12.9. The number of hydrogen-bond donors (Lipinski definition) is 1. The summed E-state index contributed by atoms with van der Waals surface area (Å²) >= 11 is 3.48. The third-order valence-electron chi connectivity index (χ3n) is 2.08. The van der Waals surface area contributed by atoms with E-state index in [1.165, 1.54) is 4.21 Å². The van der Waals surface area contributed by atoms with Gasteiger partial charge in [-0.1, -0.05) is 20.8 Å². The number of nitrogens with two attached hydrogens (primary N) is 1. The molecule has 3 nitrogen and oxygen atoms in total. The average molecular weight is 272 g/mol. The van der Waals surface area contributed by atoms with Crippen LogP contribution in [0.5, 0.6) is 0 Å². The number of allylic oxidation sites excluding steroid dienone is 1. The minimum Gasteiger partial charge on any atom is -0.495 e. The fourth-order valence-electron chi connectivity index (χ4n) is 1.22. The van der Waals surface area contributed by atoms with Crippen molar-refractivity contribution in [3.8, 4) is 0 Å². The Labute approximate surface area is 111 Å². The van der Waals surface area contributed by atoms with Gasteiger partial charge >= 0.3 is 0 Å². The van der Waals surface area contributed by atoms with Crippen LogP contribution in [0, 0.1) is 12.3 Å². The molecule has 1 aromatic rings. The maximum atomic E-state index is 5.68. The van der Waals surface area contributed by atoms with Crippen LogP contribution in [0.25, 0.3) is 0 Å². The third kappa shape index (κ3) is 5.00. The van der Waals surface area contributed by atoms with Gasteiger partial charge in [0.1, 0.15) is 5.76 Å². The van der Waals surface area contributed by atoms with Crippen LogP contribution in [0.3, 0.4) is 0 Å². The smallest absolute Gasteiger partial charge is 0.117 e. The highest BCUT2D eigenvalue weighted by Crippen LogP contribution is 2.27. The van der Waals surface area contributed by atoms with Gasteiger partial charge < -0.3 is 10.5 Å². The molecule has 1 rings (SSSR count). The molecule has 0 saturated carbocycles. The number of aromatic nitrogens is 1. The molecule has 0 atom stereocenters. The molecule has 2 N–H and O–H groups in total. The van der Waals surface area contributed by atoms with Gasteiger partial charge in [0.2, 0.25) is 0 Å². The van der Waals surface area contributed by atoms with Crippen molar-refractivity contribution in [1.29, 1.82) is 0 Å². The van der Waals surface area contributed by atoms with Crippen LogP contribution >= 0.6 is 23.1 Å². The Bertz CT molecular complexity index is 380. The number of rotatable bonds is 5. The first kappa shape index (κ1) is 14.4. The van der Waals surface area contributed by atoms with Gasteiger partial charge in [-0.15, -0.1) is 23.1 Å². The van der Waals surface area contributed by atoms with Gasteiger partial charge in [-0.25, -0.2) is 4.98 Å². The number of aryl methyl sites for hydroxylation is 1. The zero-order valence-electron chi connectivity index (χ0n) is 10.8. The first-order chi connectivity index (χ1) is 7.93. The standard InChI is InChI=1S/C12H20N2OS2/c1-9-14-8-11(17-9)16-6-5-15-10(7-13)12(2,3)4/h7-8H,5-6,13H2,1-4H3/b10-7-. The van der Waals surface area contributed by atoms with Gasteiger partial charge in [0.05, 0.1) is 22.0 Å². The van der Waals surface area contributed by atoms with E-state index in [0.717, 1.165) is 16.5 Å². The van der Waals surface area contributed by atoms with Crippen molar-refractivity contribution in [3.63, 3.8) is 0 Å². The monoisotopic (exact) mass is 272 g/mol. The maximum absolute atomic E-state index is 5.68. The molecule has 0 aromatic carbocycles. The molecular formula is C12H20N2OS2. The summed E-state index contributed by atoms with van der Waals surface area (Å²) in [7, 11) is 0. The summed E-state index contributed by atoms with van der Waals surface area (Å²) in [5.41, 5.74) is 5.53. The molecule has 0 spiro atoms. The van der Waals surface area contributed by atoms with E-state index in [4.69, 9.17) is 10.5 Å². The Morgan fingerprint density at radius 2 is 2.29 bits per heavy atom. The van der Waals surface area contributed by atoms with Crippen LogP contribution in [-0.4, -0.2) is 17.3 Å². The van der Waals surface area contributed by atoms with Gasteiger partial charge in [-0.2, -0.15) is 0 Å². The van der Waals surface area contributed by atoms with E-state index in [0.29, 0.717) is 6.61 Å². The van der Waals surface area contributed by atoms with Crippen LogP contribution < -0.4 is 5.73 Å². The van der Waals surface area contributed by atoms with Gasteiger partial charge in [-0.05, 0) is 6.92 Å². The predicted molar refractivity (Wildman–Crippen MR) is 75.3 cm³/mol. The molecule has 0 aliphatic heterocycles. The van der Waals surface area contributed by atoms with E-state index in [1.807, 2.05) is 13.1 Å². The summed E-state index contributed by atoms with van der Waals surface area (Å²) in [6, 6.07) is 0. The topological polar surface area (TPSA) is 48.1 Å². The Balaban J connectivity index is 2.29. The van der Waals surface area contributed by atoms with Gasteiger partial charge in [-0.3, -0.25) is 0 Å². The lowest BCUT2D eigenvalue weighted by Crippen LogP contribution is -2.15. The molecule has 0 aliphatic rings. The highest BCUT2D eigenvalue weighted by Gasteiger charge is 2.18. The number of ether oxygens (including phenoxy) is 1. The SMILES string of the molecule is Cc1ncc(SCCO/C(=C\N)C(C)(C)C)s1. The molecule has 96 valence electrons. The Morgan fingerprint density at radius 1 is 1.59 bits per heavy atom. The van der Waals surface area contributed by atoms with Crippen LogP contribution in [0.2, 0.25) is 0 Å². The highest BCUT2D eigenvalue weighted by molar-refractivity contribution is 8.01. The van der Waals surface area contributed by atoms with E-state index >= 15 is 0 Å². The largest absolute Gasteiger partial charge is 0.495 e. The van der Waals surface area contributed by atoms with Crippen molar-refractivity contribution < 1.29 is 4.74 Å². The second-order valence-electron chi connectivity index (χ2n) is 4.68. The highest BCUT2D eigenvalue weighted by atomic mass is 32.2. The molecule has 5 heteroatoms. The molecule has 0 radical (unpaired) electrons. The van der Waals surface area contributed by atoms with Crippen molar-refractivity contribution in [1.82, 2.24) is 4.98 Å². The van der Waals surface area contributed by atoms with E-state index < -0.39 is 0 Å². The van der Waals surface area contributed by atoms with Gasteiger partial charge in [0.25, 0.3) is 0 Å². The average Bonchev–Trinajstić information content (AvgIpc) is 2.62. The summed E-state index contributed by atoms with van der Waals surface area (Å²) in [5.74, 6) is 1.76. The van der Waals surface area contributed by atoms with Crippen molar-refractivity contribution in [2.75, 3.05) is 12.4 Å². The Hall–Kier alpha value is -0.680. The van der Waals surface area contributed by atoms with Gasteiger partial charge in [0, 0.05) is 17.4 Å². The molecule has 0 unspecified atom stereocenters. The first-order valence-corrected chi connectivity index (χ1v) is 7.34. The molecule has 0 aliphatic carbocycles. The molecule has 17 heavy (non-hydrogen) atoms. The first-order valence-electron chi connectivity index (χ1n) is 5.54. The van der Waals surface area contributed by atoms with E-state index in [9.17, 15) is 0 Å². The fourth-order valence-corrected chi connectivity index (χ4v) is 3.06. The maximum Gasteiger partial charge on any atom is 0.117 e. The fraction of sp³-hybridized carbons (Fsp3) is 0.583. The molecular weight excluding hydrogens is 252 g/mol. The quantitative estimate of drug-likeness (QED) is 0.507. The normalized spacial score (nSPS) is 12.8. The van der Waals surface area contributed by atoms with E-state index in [1.54, 1.807) is 29.3 Å². The summed E-state index contributed by atoms with van der Waals surface area (Å²) in [6.07, 6.45) is 3.47. The Morgan fingerprint density at radius 3 is 2.76 bits per heavy atom. The lowest BCUT2D eigenvalue weighted by molar-refractivity contribution is 0.165.